The third kappa shape index (κ3) is 4.41. The van der Waals surface area contributed by atoms with Gasteiger partial charge in [0.2, 0.25) is 0 Å². The first-order valence-electron chi connectivity index (χ1n) is 10.7. The van der Waals surface area contributed by atoms with Crippen LogP contribution in [0.4, 0.5) is 5.69 Å². The van der Waals surface area contributed by atoms with Gasteiger partial charge in [0.1, 0.15) is 22.8 Å². The molecule has 1 aromatic heterocycles. The highest BCUT2D eigenvalue weighted by Crippen LogP contribution is 2.37. The average Bonchev–Trinajstić information content (AvgIpc) is 3.45. The van der Waals surface area contributed by atoms with Gasteiger partial charge < -0.3 is 14.6 Å². The molecule has 1 aliphatic rings. The molecule has 5 rings (SSSR count). The Morgan fingerprint density at radius 2 is 1.66 bits per heavy atom. The van der Waals surface area contributed by atoms with E-state index >= 15 is 0 Å². The van der Waals surface area contributed by atoms with Crippen LogP contribution in [-0.2, 0) is 4.79 Å². The van der Waals surface area contributed by atoms with E-state index in [1.54, 1.807) is 18.2 Å². The maximum atomic E-state index is 13.5. The molecule has 4 aromatic rings. The fourth-order valence-corrected chi connectivity index (χ4v) is 4.15. The Hall–Kier alpha value is -4.36. The summed E-state index contributed by atoms with van der Waals surface area (Å²) in [6.07, 6.45) is 3.42. The Kier molecular flexibility index (Phi) is 5.84. The number of hydrogen-bond donors (Lipinski definition) is 2. The summed E-state index contributed by atoms with van der Waals surface area (Å²) in [5.74, 6) is -0.805. The number of carboxylic acids is 1. The summed E-state index contributed by atoms with van der Waals surface area (Å²) in [7, 11) is 0. The number of halogens is 1. The van der Waals surface area contributed by atoms with Crippen molar-refractivity contribution in [2.45, 2.75) is 0 Å². The molecule has 6 nitrogen and oxygen atoms in total. The van der Waals surface area contributed by atoms with E-state index in [9.17, 15) is 19.8 Å². The number of aromatic carboxylic acids is 1. The Balaban J connectivity index is 1.54. The Labute approximate surface area is 209 Å². The van der Waals surface area contributed by atoms with Crippen molar-refractivity contribution in [3.63, 3.8) is 0 Å². The zero-order valence-electron chi connectivity index (χ0n) is 18.2. The molecule has 0 saturated heterocycles. The molecule has 1 aliphatic heterocycles. The molecule has 7 heteroatoms. The van der Waals surface area contributed by atoms with Gasteiger partial charge in [0.05, 0.1) is 11.4 Å². The SMILES string of the molecule is O=C(O)c1ccc(N2C(=O)C(=Cc3ccc(-c4ccc(Br)cc4)o3)C=C2c2ccccc2)cc1O. The summed E-state index contributed by atoms with van der Waals surface area (Å²) in [5, 5.41) is 19.5. The van der Waals surface area contributed by atoms with Crippen molar-refractivity contribution in [1.29, 1.82) is 0 Å². The fraction of sp³-hybridized carbons (Fsp3) is 0. The molecule has 0 spiro atoms. The lowest BCUT2D eigenvalue weighted by molar-refractivity contribution is -0.113. The first-order valence-corrected chi connectivity index (χ1v) is 11.5. The maximum Gasteiger partial charge on any atom is 0.339 e. The van der Waals surface area contributed by atoms with Crippen molar-refractivity contribution < 1.29 is 24.2 Å². The molecule has 0 unspecified atom stereocenters. The van der Waals surface area contributed by atoms with Crippen LogP contribution >= 0.6 is 15.9 Å². The monoisotopic (exact) mass is 527 g/mol. The minimum absolute atomic E-state index is 0.238. The van der Waals surface area contributed by atoms with Crippen molar-refractivity contribution in [2.24, 2.45) is 0 Å². The first kappa shape index (κ1) is 22.4. The van der Waals surface area contributed by atoms with E-state index in [2.05, 4.69) is 15.9 Å². The average molecular weight is 528 g/mol. The smallest absolute Gasteiger partial charge is 0.339 e. The number of nitrogens with zero attached hydrogens (tertiary/aromatic N) is 1. The summed E-state index contributed by atoms with van der Waals surface area (Å²) in [4.78, 5) is 26.3. The summed E-state index contributed by atoms with van der Waals surface area (Å²) in [6.45, 7) is 0. The number of furan rings is 1. The van der Waals surface area contributed by atoms with Crippen LogP contribution in [0, 0.1) is 0 Å². The second kappa shape index (κ2) is 9.12. The lowest BCUT2D eigenvalue weighted by atomic mass is 10.1. The molecule has 0 bridgehead atoms. The highest BCUT2D eigenvalue weighted by Gasteiger charge is 2.31. The number of phenols is 1. The normalized spacial score (nSPS) is 14.4. The van der Waals surface area contributed by atoms with Crippen LogP contribution < -0.4 is 4.90 Å². The van der Waals surface area contributed by atoms with Crippen molar-refractivity contribution in [3.8, 4) is 17.1 Å². The molecule has 172 valence electrons. The fourth-order valence-electron chi connectivity index (χ4n) is 3.89. The molecule has 0 atom stereocenters. The summed E-state index contributed by atoms with van der Waals surface area (Å²) >= 11 is 3.42. The molecule has 0 saturated carbocycles. The van der Waals surface area contributed by atoms with Crippen LogP contribution in [0.5, 0.6) is 5.75 Å². The van der Waals surface area contributed by atoms with E-state index in [1.807, 2.05) is 60.7 Å². The summed E-state index contributed by atoms with van der Waals surface area (Å²) in [5.41, 5.74) is 2.81. The van der Waals surface area contributed by atoms with Gasteiger partial charge in [-0.15, -0.1) is 0 Å². The van der Waals surface area contributed by atoms with Crippen LogP contribution in [-0.4, -0.2) is 22.1 Å². The number of benzene rings is 3. The van der Waals surface area contributed by atoms with Gasteiger partial charge in [0.15, 0.2) is 0 Å². The quantitative estimate of drug-likeness (QED) is 0.286. The number of aromatic hydroxyl groups is 1. The van der Waals surface area contributed by atoms with Crippen LogP contribution in [0.1, 0.15) is 21.7 Å². The van der Waals surface area contributed by atoms with Gasteiger partial charge in [-0.1, -0.05) is 58.4 Å². The van der Waals surface area contributed by atoms with Crippen molar-refractivity contribution in [1.82, 2.24) is 0 Å². The van der Waals surface area contributed by atoms with E-state index in [1.165, 1.54) is 23.1 Å². The second-order valence-corrected chi connectivity index (χ2v) is 8.77. The molecule has 2 N–H and O–H groups in total. The minimum atomic E-state index is -1.25. The van der Waals surface area contributed by atoms with Crippen LogP contribution in [0.25, 0.3) is 23.1 Å². The number of hydrogen-bond acceptors (Lipinski definition) is 4. The van der Waals surface area contributed by atoms with E-state index < -0.39 is 11.7 Å². The molecular formula is C28H18BrNO5. The van der Waals surface area contributed by atoms with Gasteiger partial charge in [0, 0.05) is 21.7 Å². The van der Waals surface area contributed by atoms with Crippen LogP contribution in [0.2, 0.25) is 0 Å². The van der Waals surface area contributed by atoms with Gasteiger partial charge in [-0.3, -0.25) is 9.69 Å². The number of carbonyl (C=O) groups excluding carboxylic acids is 1. The number of rotatable bonds is 5. The second-order valence-electron chi connectivity index (χ2n) is 7.85. The Bertz CT molecular complexity index is 1500. The van der Waals surface area contributed by atoms with Gasteiger partial charge in [-0.2, -0.15) is 0 Å². The third-order valence-corrected chi connectivity index (χ3v) is 6.10. The maximum absolute atomic E-state index is 13.5. The van der Waals surface area contributed by atoms with Gasteiger partial charge in [-0.25, -0.2) is 4.79 Å². The molecular weight excluding hydrogens is 510 g/mol. The Morgan fingerprint density at radius 1 is 0.914 bits per heavy atom. The van der Waals surface area contributed by atoms with Crippen molar-refractivity contribution in [3.05, 3.63) is 118 Å². The van der Waals surface area contributed by atoms with Gasteiger partial charge in [-0.05, 0) is 54.1 Å². The lowest BCUT2D eigenvalue weighted by Crippen LogP contribution is -2.25. The van der Waals surface area contributed by atoms with Gasteiger partial charge in [0.25, 0.3) is 5.91 Å². The zero-order chi connectivity index (χ0) is 24.5. The molecule has 35 heavy (non-hydrogen) atoms. The first-order chi connectivity index (χ1) is 16.9. The molecule has 2 heterocycles. The zero-order valence-corrected chi connectivity index (χ0v) is 19.8. The Morgan fingerprint density at radius 3 is 2.34 bits per heavy atom. The summed E-state index contributed by atoms with van der Waals surface area (Å²) < 4.78 is 6.93. The molecule has 1 amide bonds. The van der Waals surface area contributed by atoms with Crippen molar-refractivity contribution >= 4 is 45.3 Å². The predicted molar refractivity (Wildman–Crippen MR) is 137 cm³/mol. The largest absolute Gasteiger partial charge is 0.507 e. The van der Waals surface area contributed by atoms with Gasteiger partial charge >= 0.3 is 5.97 Å². The molecule has 3 aromatic carbocycles. The van der Waals surface area contributed by atoms with E-state index in [-0.39, 0.29) is 11.5 Å². The van der Waals surface area contributed by atoms with Crippen molar-refractivity contribution in [2.75, 3.05) is 4.90 Å². The van der Waals surface area contributed by atoms with Crippen LogP contribution in [0.3, 0.4) is 0 Å². The number of carboxylic acid groups (broad SMARTS) is 1. The van der Waals surface area contributed by atoms with E-state index in [0.29, 0.717) is 28.5 Å². The summed E-state index contributed by atoms with van der Waals surface area (Å²) in [6, 6.07) is 24.8. The number of anilines is 1. The highest BCUT2D eigenvalue weighted by molar-refractivity contribution is 9.10. The lowest BCUT2D eigenvalue weighted by Gasteiger charge is -2.21. The van der Waals surface area contributed by atoms with E-state index in [0.717, 1.165) is 15.6 Å². The number of amides is 1. The standard InChI is InChI=1S/C28H18BrNO5/c29-20-8-6-18(7-9-20)26-13-11-22(35-26)14-19-15-24(17-4-2-1-3-5-17)30(27(19)32)21-10-12-23(28(33)34)25(31)16-21/h1-16,31H,(H,33,34). The topological polar surface area (TPSA) is 91.0 Å². The van der Waals surface area contributed by atoms with Crippen LogP contribution in [0.15, 0.2) is 105 Å². The molecule has 0 fully saturated rings. The predicted octanol–water partition coefficient (Wildman–Crippen LogP) is 6.58. The minimum Gasteiger partial charge on any atom is -0.507 e. The number of carbonyl (C=O) groups is 2. The third-order valence-electron chi connectivity index (χ3n) is 5.58. The molecule has 0 aliphatic carbocycles. The molecule has 0 radical (unpaired) electrons. The van der Waals surface area contributed by atoms with E-state index in [4.69, 9.17) is 4.42 Å². The highest BCUT2D eigenvalue weighted by atomic mass is 79.9.